The number of carbonyl (C=O) groups is 1. The SMILES string of the molecule is COc1ccc(-c2nnc(C)c3cc(C(=O)NN=C(C)C)sc23)cc1OC. The molecule has 2 heterocycles. The van der Waals surface area contributed by atoms with Crippen molar-refractivity contribution in [1.82, 2.24) is 15.6 Å². The van der Waals surface area contributed by atoms with Crippen molar-refractivity contribution in [1.29, 1.82) is 0 Å². The predicted molar refractivity (Wildman–Crippen MR) is 107 cm³/mol. The standard InChI is InChI=1S/C19H20N4O3S/c1-10(2)20-23-19(24)16-9-13-11(3)21-22-17(18(13)27-16)12-6-7-14(25-4)15(8-12)26-5/h6-9H,1-5H3,(H,23,24). The first-order valence-electron chi connectivity index (χ1n) is 8.25. The van der Waals surface area contributed by atoms with Crippen molar-refractivity contribution in [2.45, 2.75) is 20.8 Å². The summed E-state index contributed by atoms with van der Waals surface area (Å²) in [5.74, 6) is 0.986. The van der Waals surface area contributed by atoms with Crippen LogP contribution in [0.15, 0.2) is 29.4 Å². The van der Waals surface area contributed by atoms with Gasteiger partial charge in [-0.15, -0.1) is 16.4 Å². The van der Waals surface area contributed by atoms with E-state index in [-0.39, 0.29) is 5.91 Å². The number of ether oxygens (including phenoxy) is 2. The van der Waals surface area contributed by atoms with Gasteiger partial charge in [0.2, 0.25) is 0 Å². The molecule has 140 valence electrons. The van der Waals surface area contributed by atoms with Crippen LogP contribution in [0.1, 0.15) is 29.2 Å². The number of benzene rings is 1. The number of methoxy groups -OCH3 is 2. The summed E-state index contributed by atoms with van der Waals surface area (Å²) in [4.78, 5) is 12.9. The lowest BCUT2D eigenvalue weighted by molar-refractivity contribution is 0.0959. The van der Waals surface area contributed by atoms with Crippen LogP contribution in [0.3, 0.4) is 0 Å². The van der Waals surface area contributed by atoms with Gasteiger partial charge < -0.3 is 9.47 Å². The van der Waals surface area contributed by atoms with Gasteiger partial charge in [-0.1, -0.05) is 0 Å². The number of nitrogens with zero attached hydrogens (tertiary/aromatic N) is 3. The molecule has 0 unspecified atom stereocenters. The third kappa shape index (κ3) is 3.75. The molecule has 0 bridgehead atoms. The number of carbonyl (C=O) groups excluding carboxylic acids is 1. The maximum absolute atomic E-state index is 12.4. The zero-order chi connectivity index (χ0) is 19.6. The van der Waals surface area contributed by atoms with Crippen molar-refractivity contribution in [3.63, 3.8) is 0 Å². The van der Waals surface area contributed by atoms with Crippen molar-refractivity contribution < 1.29 is 14.3 Å². The summed E-state index contributed by atoms with van der Waals surface area (Å²) in [5, 5.41) is 13.5. The molecule has 0 aliphatic rings. The minimum Gasteiger partial charge on any atom is -0.493 e. The number of nitrogens with one attached hydrogen (secondary N) is 1. The molecule has 0 saturated carbocycles. The van der Waals surface area contributed by atoms with E-state index in [1.807, 2.05) is 45.0 Å². The van der Waals surface area contributed by atoms with E-state index in [9.17, 15) is 4.79 Å². The maximum Gasteiger partial charge on any atom is 0.281 e. The fraction of sp³-hybridized carbons (Fsp3) is 0.263. The maximum atomic E-state index is 12.4. The molecular formula is C19H20N4O3S. The van der Waals surface area contributed by atoms with Crippen molar-refractivity contribution >= 4 is 33.0 Å². The average Bonchev–Trinajstić information content (AvgIpc) is 3.12. The Bertz CT molecular complexity index is 1040. The molecule has 1 amide bonds. The molecular weight excluding hydrogens is 364 g/mol. The van der Waals surface area contributed by atoms with E-state index in [1.165, 1.54) is 11.3 Å². The number of rotatable bonds is 5. The number of hydrazone groups is 1. The van der Waals surface area contributed by atoms with Crippen LogP contribution in [-0.4, -0.2) is 36.0 Å². The van der Waals surface area contributed by atoms with Crippen LogP contribution < -0.4 is 14.9 Å². The summed E-state index contributed by atoms with van der Waals surface area (Å²) in [5.41, 5.74) is 5.62. The van der Waals surface area contributed by atoms with Crippen LogP contribution in [0.5, 0.6) is 11.5 Å². The molecule has 7 nitrogen and oxygen atoms in total. The van der Waals surface area contributed by atoms with E-state index in [0.717, 1.165) is 27.1 Å². The van der Waals surface area contributed by atoms with Gasteiger partial charge in [0.25, 0.3) is 5.91 Å². The van der Waals surface area contributed by atoms with Crippen molar-refractivity contribution in [3.05, 3.63) is 34.8 Å². The molecule has 1 N–H and O–H groups in total. The molecule has 1 aromatic carbocycles. The van der Waals surface area contributed by atoms with E-state index < -0.39 is 0 Å². The highest BCUT2D eigenvalue weighted by Gasteiger charge is 2.18. The van der Waals surface area contributed by atoms with Crippen LogP contribution in [0.4, 0.5) is 0 Å². The largest absolute Gasteiger partial charge is 0.493 e. The van der Waals surface area contributed by atoms with E-state index in [2.05, 4.69) is 20.7 Å². The number of amides is 1. The summed E-state index contributed by atoms with van der Waals surface area (Å²) in [6, 6.07) is 7.39. The summed E-state index contributed by atoms with van der Waals surface area (Å²) in [6.07, 6.45) is 0. The molecule has 0 aliphatic heterocycles. The molecule has 0 saturated heterocycles. The first-order chi connectivity index (χ1) is 12.9. The highest BCUT2D eigenvalue weighted by Crippen LogP contribution is 2.37. The smallest absolute Gasteiger partial charge is 0.281 e. The lowest BCUT2D eigenvalue weighted by atomic mass is 10.1. The third-order valence-corrected chi connectivity index (χ3v) is 5.04. The molecule has 2 aromatic heterocycles. The van der Waals surface area contributed by atoms with Crippen LogP contribution >= 0.6 is 11.3 Å². The highest BCUT2D eigenvalue weighted by molar-refractivity contribution is 7.21. The van der Waals surface area contributed by atoms with Gasteiger partial charge >= 0.3 is 0 Å². The Labute approximate surface area is 161 Å². The van der Waals surface area contributed by atoms with Crippen LogP contribution in [0, 0.1) is 6.92 Å². The molecule has 0 atom stereocenters. The minimum atomic E-state index is -0.255. The van der Waals surface area contributed by atoms with Crippen molar-refractivity contribution in [2.24, 2.45) is 5.10 Å². The zero-order valence-electron chi connectivity index (χ0n) is 15.8. The molecule has 0 fully saturated rings. The molecule has 0 radical (unpaired) electrons. The Morgan fingerprint density at radius 2 is 1.85 bits per heavy atom. The molecule has 3 rings (SSSR count). The summed E-state index contributed by atoms with van der Waals surface area (Å²) >= 11 is 1.36. The van der Waals surface area contributed by atoms with E-state index in [1.54, 1.807) is 14.2 Å². The summed E-state index contributed by atoms with van der Waals surface area (Å²) in [6.45, 7) is 5.51. The van der Waals surface area contributed by atoms with Gasteiger partial charge in [0.05, 0.1) is 29.5 Å². The minimum absolute atomic E-state index is 0.255. The number of aryl methyl sites for hydroxylation is 1. The predicted octanol–water partition coefficient (Wildman–Crippen LogP) is 3.81. The molecule has 8 heteroatoms. The molecule has 27 heavy (non-hydrogen) atoms. The van der Waals surface area contributed by atoms with Gasteiger partial charge in [-0.05, 0) is 45.0 Å². The number of aromatic nitrogens is 2. The lowest BCUT2D eigenvalue weighted by Gasteiger charge is -2.09. The number of thiophene rings is 1. The van der Waals surface area contributed by atoms with Gasteiger partial charge in [0.1, 0.15) is 5.69 Å². The van der Waals surface area contributed by atoms with Gasteiger partial charge in [-0.25, -0.2) is 5.43 Å². The average molecular weight is 384 g/mol. The Kier molecular flexibility index (Phi) is 5.36. The molecule has 0 aliphatic carbocycles. The van der Waals surface area contributed by atoms with Crippen LogP contribution in [-0.2, 0) is 0 Å². The van der Waals surface area contributed by atoms with Gasteiger partial charge in [-0.3, -0.25) is 4.79 Å². The number of hydrogen-bond donors (Lipinski definition) is 1. The van der Waals surface area contributed by atoms with Crippen LogP contribution in [0.25, 0.3) is 21.3 Å². The fourth-order valence-electron chi connectivity index (χ4n) is 2.56. The summed E-state index contributed by atoms with van der Waals surface area (Å²) < 4.78 is 11.6. The second-order valence-electron chi connectivity index (χ2n) is 6.06. The zero-order valence-corrected chi connectivity index (χ0v) is 16.6. The molecule has 0 spiro atoms. The fourth-order valence-corrected chi connectivity index (χ4v) is 3.67. The Morgan fingerprint density at radius 3 is 2.52 bits per heavy atom. The topological polar surface area (TPSA) is 85.7 Å². The first-order valence-corrected chi connectivity index (χ1v) is 9.06. The Balaban J connectivity index is 2.11. The Morgan fingerprint density at radius 1 is 1.11 bits per heavy atom. The monoisotopic (exact) mass is 384 g/mol. The van der Waals surface area contributed by atoms with Gasteiger partial charge in [0, 0.05) is 16.7 Å². The quantitative estimate of drug-likeness (QED) is 0.534. The normalized spacial score (nSPS) is 10.6. The van der Waals surface area contributed by atoms with E-state index >= 15 is 0 Å². The van der Waals surface area contributed by atoms with E-state index in [0.29, 0.717) is 22.1 Å². The second kappa shape index (κ2) is 7.71. The third-order valence-electron chi connectivity index (χ3n) is 3.90. The van der Waals surface area contributed by atoms with Crippen molar-refractivity contribution in [3.8, 4) is 22.8 Å². The highest BCUT2D eigenvalue weighted by atomic mass is 32.1. The van der Waals surface area contributed by atoms with Crippen LogP contribution in [0.2, 0.25) is 0 Å². The van der Waals surface area contributed by atoms with Crippen molar-refractivity contribution in [2.75, 3.05) is 14.2 Å². The molecule has 3 aromatic rings. The second-order valence-corrected chi connectivity index (χ2v) is 7.11. The lowest BCUT2D eigenvalue weighted by Crippen LogP contribution is -2.17. The van der Waals surface area contributed by atoms with Gasteiger partial charge in [0.15, 0.2) is 11.5 Å². The summed E-state index contributed by atoms with van der Waals surface area (Å²) in [7, 11) is 3.17. The first kappa shape index (κ1) is 18.8. The van der Waals surface area contributed by atoms with Gasteiger partial charge in [-0.2, -0.15) is 10.2 Å². The number of hydrogen-bond acceptors (Lipinski definition) is 7. The number of fused-ring (bicyclic) bond motifs is 1. The van der Waals surface area contributed by atoms with E-state index in [4.69, 9.17) is 9.47 Å². The Hall–Kier alpha value is -3.00.